The Bertz CT molecular complexity index is 279. The number of nitrogens with one attached hydrogen (secondary N) is 1. The molecule has 1 fully saturated rings. The van der Waals surface area contributed by atoms with E-state index in [1.807, 2.05) is 0 Å². The molecule has 2 heteroatoms. The van der Waals surface area contributed by atoms with Crippen LogP contribution >= 0.6 is 0 Å². The molecule has 1 N–H and O–H groups in total. The molecule has 70 valence electrons. The van der Waals surface area contributed by atoms with Gasteiger partial charge in [-0.3, -0.25) is 0 Å². The van der Waals surface area contributed by atoms with E-state index < -0.39 is 0 Å². The summed E-state index contributed by atoms with van der Waals surface area (Å²) in [6.07, 6.45) is 1.12. The molecular weight excluding hydrogens is 160 g/mol. The molecule has 0 bridgehead atoms. The van der Waals surface area contributed by atoms with E-state index in [1.165, 1.54) is 5.56 Å². The third-order valence-corrected chi connectivity index (χ3v) is 2.50. The Morgan fingerprint density at radius 3 is 2.38 bits per heavy atom. The first-order chi connectivity index (χ1) is 6.18. The molecule has 0 saturated carbocycles. The number of rotatable bonds is 3. The van der Waals surface area contributed by atoms with Crippen LogP contribution in [0.2, 0.25) is 0 Å². The van der Waals surface area contributed by atoms with Crippen LogP contribution in [-0.4, -0.2) is 17.2 Å². The molecule has 0 radical (unpaired) electrons. The fourth-order valence-electron chi connectivity index (χ4n) is 1.53. The largest absolute Gasteiger partial charge is 0.233 e. The van der Waals surface area contributed by atoms with Gasteiger partial charge in [-0.25, -0.2) is 10.4 Å². The van der Waals surface area contributed by atoms with Gasteiger partial charge in [0.15, 0.2) is 0 Å². The van der Waals surface area contributed by atoms with E-state index >= 15 is 0 Å². The van der Waals surface area contributed by atoms with Crippen LogP contribution in [0.15, 0.2) is 30.3 Å². The van der Waals surface area contributed by atoms with Gasteiger partial charge in [0.1, 0.15) is 0 Å². The highest BCUT2D eigenvalue weighted by Crippen LogP contribution is 2.22. The zero-order chi connectivity index (χ0) is 9.31. The first kappa shape index (κ1) is 8.73. The molecule has 1 aliphatic heterocycles. The predicted octanol–water partition coefficient (Wildman–Crippen LogP) is 1.79. The van der Waals surface area contributed by atoms with Gasteiger partial charge in [0.25, 0.3) is 0 Å². The van der Waals surface area contributed by atoms with Gasteiger partial charge in [-0.2, -0.15) is 0 Å². The number of nitrogens with zero attached hydrogens (tertiary/aromatic N) is 1. The summed E-state index contributed by atoms with van der Waals surface area (Å²) >= 11 is 0. The Morgan fingerprint density at radius 1 is 1.23 bits per heavy atom. The van der Waals surface area contributed by atoms with Crippen molar-refractivity contribution in [3.05, 3.63) is 35.9 Å². The zero-order valence-electron chi connectivity index (χ0n) is 8.25. The molecule has 2 rings (SSSR count). The smallest absolute Gasteiger partial charge is 0.0918 e. The second-order valence-corrected chi connectivity index (χ2v) is 4.06. The highest BCUT2D eigenvalue weighted by Gasteiger charge is 2.41. The Kier molecular flexibility index (Phi) is 2.10. The third kappa shape index (κ3) is 2.08. The summed E-state index contributed by atoms with van der Waals surface area (Å²) in [7, 11) is 0. The lowest BCUT2D eigenvalue weighted by molar-refractivity contribution is 0.439. The van der Waals surface area contributed by atoms with Crippen LogP contribution in [0.3, 0.4) is 0 Å². The van der Waals surface area contributed by atoms with Crippen LogP contribution < -0.4 is 5.43 Å². The summed E-state index contributed by atoms with van der Waals surface area (Å²) in [4.78, 5) is 0. The normalized spacial score (nSPS) is 24.3. The SMILES string of the molecule is CC1(C)NN1CCc1ccccc1. The van der Waals surface area contributed by atoms with Crippen molar-refractivity contribution in [2.45, 2.75) is 25.9 Å². The highest BCUT2D eigenvalue weighted by atomic mass is 15.8. The fraction of sp³-hybridized carbons (Fsp3) is 0.455. The molecule has 0 aliphatic carbocycles. The van der Waals surface area contributed by atoms with Crippen LogP contribution in [0.4, 0.5) is 0 Å². The minimum absolute atomic E-state index is 0.231. The molecule has 1 aromatic carbocycles. The molecule has 1 unspecified atom stereocenters. The second kappa shape index (κ2) is 3.13. The topological polar surface area (TPSA) is 25.0 Å². The average molecular weight is 176 g/mol. The van der Waals surface area contributed by atoms with E-state index in [9.17, 15) is 0 Å². The third-order valence-electron chi connectivity index (χ3n) is 2.50. The Labute approximate surface area is 79.5 Å². The van der Waals surface area contributed by atoms with Crippen molar-refractivity contribution in [2.24, 2.45) is 0 Å². The van der Waals surface area contributed by atoms with E-state index in [4.69, 9.17) is 0 Å². The number of hydrazine groups is 1. The van der Waals surface area contributed by atoms with Crippen molar-refractivity contribution < 1.29 is 0 Å². The van der Waals surface area contributed by atoms with Gasteiger partial charge in [-0.15, -0.1) is 0 Å². The number of hydrogen-bond donors (Lipinski definition) is 1. The fourth-order valence-corrected chi connectivity index (χ4v) is 1.53. The van der Waals surface area contributed by atoms with Gasteiger partial charge in [-0.05, 0) is 25.8 Å². The van der Waals surface area contributed by atoms with Gasteiger partial charge < -0.3 is 0 Å². The quantitative estimate of drug-likeness (QED) is 0.710. The van der Waals surface area contributed by atoms with Crippen LogP contribution in [-0.2, 0) is 6.42 Å². The molecule has 1 saturated heterocycles. The summed E-state index contributed by atoms with van der Waals surface area (Å²) in [5.74, 6) is 0. The molecule has 1 heterocycles. The summed E-state index contributed by atoms with van der Waals surface area (Å²) in [6.45, 7) is 5.48. The highest BCUT2D eigenvalue weighted by molar-refractivity contribution is 5.15. The van der Waals surface area contributed by atoms with E-state index in [0.717, 1.165) is 13.0 Å². The monoisotopic (exact) mass is 176 g/mol. The Hall–Kier alpha value is -0.860. The first-order valence-electron chi connectivity index (χ1n) is 4.78. The minimum Gasteiger partial charge on any atom is -0.233 e. The molecule has 0 aromatic heterocycles. The van der Waals surface area contributed by atoms with Crippen LogP contribution in [0.5, 0.6) is 0 Å². The van der Waals surface area contributed by atoms with E-state index in [1.54, 1.807) is 0 Å². The van der Waals surface area contributed by atoms with Crippen molar-refractivity contribution in [3.63, 3.8) is 0 Å². The van der Waals surface area contributed by atoms with Crippen molar-refractivity contribution in [1.82, 2.24) is 10.4 Å². The average Bonchev–Trinajstić information content (AvgIpc) is 2.73. The van der Waals surface area contributed by atoms with Crippen molar-refractivity contribution >= 4 is 0 Å². The standard InChI is InChI=1S/C11H16N2/c1-11(2)12-13(11)9-8-10-6-4-3-5-7-10/h3-7,12H,8-9H2,1-2H3. The van der Waals surface area contributed by atoms with Crippen LogP contribution in [0, 0.1) is 0 Å². The predicted molar refractivity (Wildman–Crippen MR) is 54.1 cm³/mol. The lowest BCUT2D eigenvalue weighted by atomic mass is 10.1. The molecule has 1 aromatic rings. The summed E-state index contributed by atoms with van der Waals surface area (Å²) in [6, 6.07) is 10.6. The summed E-state index contributed by atoms with van der Waals surface area (Å²) in [5.41, 5.74) is 4.95. The maximum absolute atomic E-state index is 3.31. The molecule has 1 atom stereocenters. The maximum Gasteiger partial charge on any atom is 0.0918 e. The van der Waals surface area contributed by atoms with E-state index in [0.29, 0.717) is 0 Å². The van der Waals surface area contributed by atoms with Crippen LogP contribution in [0.1, 0.15) is 19.4 Å². The second-order valence-electron chi connectivity index (χ2n) is 4.06. The van der Waals surface area contributed by atoms with Gasteiger partial charge in [-0.1, -0.05) is 30.3 Å². The lowest BCUT2D eigenvalue weighted by Crippen LogP contribution is -2.12. The Morgan fingerprint density at radius 2 is 1.85 bits per heavy atom. The molecule has 1 aliphatic rings. The molecular formula is C11H16N2. The zero-order valence-corrected chi connectivity index (χ0v) is 8.25. The molecule has 13 heavy (non-hydrogen) atoms. The number of hydrogen-bond acceptors (Lipinski definition) is 2. The summed E-state index contributed by atoms with van der Waals surface area (Å²) in [5, 5.41) is 2.26. The van der Waals surface area contributed by atoms with E-state index in [-0.39, 0.29) is 5.66 Å². The van der Waals surface area contributed by atoms with Crippen molar-refractivity contribution in [1.29, 1.82) is 0 Å². The first-order valence-corrected chi connectivity index (χ1v) is 4.78. The van der Waals surface area contributed by atoms with Crippen LogP contribution in [0.25, 0.3) is 0 Å². The Balaban J connectivity index is 1.82. The van der Waals surface area contributed by atoms with Crippen molar-refractivity contribution in [2.75, 3.05) is 6.54 Å². The van der Waals surface area contributed by atoms with Gasteiger partial charge in [0, 0.05) is 6.54 Å². The van der Waals surface area contributed by atoms with Gasteiger partial charge in [0.2, 0.25) is 0 Å². The lowest BCUT2D eigenvalue weighted by Gasteiger charge is -2.03. The minimum atomic E-state index is 0.231. The molecule has 2 nitrogen and oxygen atoms in total. The maximum atomic E-state index is 3.31. The molecule has 0 spiro atoms. The van der Waals surface area contributed by atoms with Gasteiger partial charge in [0.05, 0.1) is 5.66 Å². The van der Waals surface area contributed by atoms with Crippen molar-refractivity contribution in [3.8, 4) is 0 Å². The summed E-state index contributed by atoms with van der Waals surface area (Å²) < 4.78 is 0. The number of benzene rings is 1. The van der Waals surface area contributed by atoms with Gasteiger partial charge >= 0.3 is 0 Å². The molecule has 0 amide bonds. The van der Waals surface area contributed by atoms with E-state index in [2.05, 4.69) is 54.6 Å².